The summed E-state index contributed by atoms with van der Waals surface area (Å²) >= 11 is 3.04. The predicted octanol–water partition coefficient (Wildman–Crippen LogP) is 2.26. The smallest absolute Gasteiger partial charge is 0.262 e. The molecule has 4 nitrogen and oxygen atoms in total. The standard InChI is InChI=1S/C8H5BrClNO3S/c1-14-6-2-5(4-11)3-7(8(6)9)15(10,12)13/h2-3H,1H3. The second-order valence-electron chi connectivity index (χ2n) is 2.54. The lowest BCUT2D eigenvalue weighted by Crippen LogP contribution is -1.96. The van der Waals surface area contributed by atoms with Crippen LogP contribution in [0, 0.1) is 11.3 Å². The Morgan fingerprint density at radius 1 is 1.53 bits per heavy atom. The van der Waals surface area contributed by atoms with E-state index in [0.29, 0.717) is 0 Å². The maximum absolute atomic E-state index is 11.2. The molecule has 0 spiro atoms. The van der Waals surface area contributed by atoms with Gasteiger partial charge in [-0.2, -0.15) is 5.26 Å². The van der Waals surface area contributed by atoms with Crippen molar-refractivity contribution in [3.05, 3.63) is 22.2 Å². The fourth-order valence-electron chi connectivity index (χ4n) is 0.963. The molecule has 1 rings (SSSR count). The first-order chi connectivity index (χ1) is 6.90. The third kappa shape index (κ3) is 2.62. The topological polar surface area (TPSA) is 67.2 Å². The van der Waals surface area contributed by atoms with Crippen molar-refractivity contribution >= 4 is 35.7 Å². The van der Waals surface area contributed by atoms with Crippen molar-refractivity contribution in [2.75, 3.05) is 7.11 Å². The van der Waals surface area contributed by atoms with Gasteiger partial charge in [0.2, 0.25) is 0 Å². The Morgan fingerprint density at radius 2 is 2.13 bits per heavy atom. The summed E-state index contributed by atoms with van der Waals surface area (Å²) in [7, 11) is 2.66. The molecule has 0 unspecified atom stereocenters. The molecule has 80 valence electrons. The highest BCUT2D eigenvalue weighted by Crippen LogP contribution is 2.34. The Morgan fingerprint density at radius 3 is 2.53 bits per heavy atom. The predicted molar refractivity (Wildman–Crippen MR) is 58.4 cm³/mol. The maximum Gasteiger partial charge on any atom is 0.262 e. The van der Waals surface area contributed by atoms with Gasteiger partial charge in [0.1, 0.15) is 10.6 Å². The van der Waals surface area contributed by atoms with Gasteiger partial charge in [-0.15, -0.1) is 0 Å². The molecule has 0 bridgehead atoms. The van der Waals surface area contributed by atoms with Crippen LogP contribution in [-0.4, -0.2) is 15.5 Å². The highest BCUT2D eigenvalue weighted by molar-refractivity contribution is 9.10. The number of benzene rings is 1. The van der Waals surface area contributed by atoms with E-state index in [-0.39, 0.29) is 20.7 Å². The Hall–Kier alpha value is -0.770. The second kappa shape index (κ2) is 4.39. The minimum absolute atomic E-state index is 0.161. The molecule has 0 atom stereocenters. The van der Waals surface area contributed by atoms with Crippen LogP contribution in [0.15, 0.2) is 21.5 Å². The van der Waals surface area contributed by atoms with Gasteiger partial charge in [-0.1, -0.05) is 0 Å². The molecule has 0 aliphatic heterocycles. The van der Waals surface area contributed by atoms with Crippen molar-refractivity contribution in [1.29, 1.82) is 5.26 Å². The van der Waals surface area contributed by atoms with Gasteiger partial charge < -0.3 is 4.74 Å². The van der Waals surface area contributed by atoms with Crippen LogP contribution >= 0.6 is 26.6 Å². The van der Waals surface area contributed by atoms with Gasteiger partial charge in [0.15, 0.2) is 0 Å². The van der Waals surface area contributed by atoms with E-state index >= 15 is 0 Å². The molecule has 0 N–H and O–H groups in total. The number of halogens is 2. The van der Waals surface area contributed by atoms with Crippen molar-refractivity contribution < 1.29 is 13.2 Å². The minimum Gasteiger partial charge on any atom is -0.495 e. The first-order valence-electron chi connectivity index (χ1n) is 3.62. The third-order valence-corrected chi connectivity index (χ3v) is 4.04. The van der Waals surface area contributed by atoms with Gasteiger partial charge in [0, 0.05) is 10.7 Å². The largest absolute Gasteiger partial charge is 0.495 e. The van der Waals surface area contributed by atoms with Crippen LogP contribution in [0.3, 0.4) is 0 Å². The summed E-state index contributed by atoms with van der Waals surface area (Å²) < 4.78 is 27.4. The lowest BCUT2D eigenvalue weighted by Gasteiger charge is -2.07. The van der Waals surface area contributed by atoms with Crippen molar-refractivity contribution in [2.45, 2.75) is 4.90 Å². The highest BCUT2D eigenvalue weighted by Gasteiger charge is 2.19. The molecule has 15 heavy (non-hydrogen) atoms. The van der Waals surface area contributed by atoms with Crippen LogP contribution in [0.4, 0.5) is 0 Å². The summed E-state index contributed by atoms with van der Waals surface area (Å²) in [5.41, 5.74) is 0.161. The lowest BCUT2D eigenvalue weighted by atomic mass is 10.2. The molecule has 0 amide bonds. The third-order valence-electron chi connectivity index (χ3n) is 1.62. The van der Waals surface area contributed by atoms with Crippen LogP contribution < -0.4 is 4.74 Å². The van der Waals surface area contributed by atoms with E-state index in [1.807, 2.05) is 6.07 Å². The number of nitriles is 1. The van der Waals surface area contributed by atoms with Gasteiger partial charge >= 0.3 is 0 Å². The molecular weight excluding hydrogens is 306 g/mol. The zero-order valence-electron chi connectivity index (χ0n) is 7.49. The lowest BCUT2D eigenvalue weighted by molar-refractivity contribution is 0.410. The molecule has 0 aliphatic rings. The molecule has 1 aromatic rings. The van der Waals surface area contributed by atoms with E-state index in [1.54, 1.807) is 0 Å². The molecule has 0 saturated heterocycles. The Kier molecular flexibility index (Phi) is 3.60. The van der Waals surface area contributed by atoms with E-state index in [0.717, 1.165) is 0 Å². The van der Waals surface area contributed by atoms with Crippen molar-refractivity contribution in [2.24, 2.45) is 0 Å². The molecule has 0 aliphatic carbocycles. The summed E-state index contributed by atoms with van der Waals surface area (Å²) in [4.78, 5) is -0.180. The molecule has 0 saturated carbocycles. The van der Waals surface area contributed by atoms with Crippen LogP contribution in [0.5, 0.6) is 5.75 Å². The molecule has 0 heterocycles. The summed E-state index contributed by atoms with van der Waals surface area (Å²) in [6.45, 7) is 0. The summed E-state index contributed by atoms with van der Waals surface area (Å²) in [5, 5.41) is 8.68. The van der Waals surface area contributed by atoms with E-state index in [9.17, 15) is 8.42 Å². The average Bonchev–Trinajstić information content (AvgIpc) is 2.16. The number of methoxy groups -OCH3 is 1. The fraction of sp³-hybridized carbons (Fsp3) is 0.125. The molecule has 0 fully saturated rings. The number of ether oxygens (including phenoxy) is 1. The quantitative estimate of drug-likeness (QED) is 0.786. The van der Waals surface area contributed by atoms with E-state index in [1.165, 1.54) is 19.2 Å². The van der Waals surface area contributed by atoms with Gasteiger partial charge in [0.25, 0.3) is 9.05 Å². The zero-order valence-corrected chi connectivity index (χ0v) is 10.6. The van der Waals surface area contributed by atoms with Crippen LogP contribution in [-0.2, 0) is 9.05 Å². The molecule has 0 aromatic heterocycles. The summed E-state index contributed by atoms with van der Waals surface area (Å²) in [5.74, 6) is 0.244. The first-order valence-corrected chi connectivity index (χ1v) is 6.72. The maximum atomic E-state index is 11.2. The molecular formula is C8H5BrClNO3S. The Bertz CT molecular complexity index is 536. The van der Waals surface area contributed by atoms with Gasteiger partial charge in [-0.25, -0.2) is 8.42 Å². The van der Waals surface area contributed by atoms with Crippen LogP contribution in [0.2, 0.25) is 0 Å². The van der Waals surface area contributed by atoms with Crippen molar-refractivity contribution in [3.8, 4) is 11.8 Å². The Labute approximate surface area is 100.0 Å². The molecule has 7 heteroatoms. The monoisotopic (exact) mass is 309 g/mol. The van der Waals surface area contributed by atoms with Crippen LogP contribution in [0.1, 0.15) is 5.56 Å². The normalized spacial score (nSPS) is 10.8. The van der Waals surface area contributed by atoms with Gasteiger partial charge in [-0.05, 0) is 28.1 Å². The minimum atomic E-state index is -3.90. The molecule has 0 radical (unpaired) electrons. The fourth-order valence-corrected chi connectivity index (χ4v) is 3.22. The molecule has 1 aromatic carbocycles. The van der Waals surface area contributed by atoms with Crippen LogP contribution in [0.25, 0.3) is 0 Å². The van der Waals surface area contributed by atoms with E-state index < -0.39 is 9.05 Å². The van der Waals surface area contributed by atoms with E-state index in [4.69, 9.17) is 20.7 Å². The number of hydrogen-bond acceptors (Lipinski definition) is 4. The summed E-state index contributed by atoms with van der Waals surface area (Å²) in [6.07, 6.45) is 0. The van der Waals surface area contributed by atoms with Crippen molar-refractivity contribution in [1.82, 2.24) is 0 Å². The second-order valence-corrected chi connectivity index (χ2v) is 5.87. The number of rotatable bonds is 2. The number of hydrogen-bond donors (Lipinski definition) is 0. The van der Waals surface area contributed by atoms with Gasteiger partial charge in [0.05, 0.1) is 23.2 Å². The van der Waals surface area contributed by atoms with Gasteiger partial charge in [-0.3, -0.25) is 0 Å². The summed E-state index contributed by atoms with van der Waals surface area (Å²) in [6, 6.07) is 4.41. The number of nitrogens with zero attached hydrogens (tertiary/aromatic N) is 1. The highest BCUT2D eigenvalue weighted by atomic mass is 79.9. The zero-order chi connectivity index (χ0) is 11.6. The average molecular weight is 311 g/mol. The van der Waals surface area contributed by atoms with E-state index in [2.05, 4.69) is 15.9 Å². The SMILES string of the molecule is COc1cc(C#N)cc(S(=O)(=O)Cl)c1Br. The van der Waals surface area contributed by atoms with Crippen molar-refractivity contribution in [3.63, 3.8) is 0 Å². The Balaban J connectivity index is 3.60. The first kappa shape index (κ1) is 12.3.